The summed E-state index contributed by atoms with van der Waals surface area (Å²) in [5.74, 6) is -6.31. The monoisotopic (exact) mass is 505 g/mol. The van der Waals surface area contributed by atoms with Gasteiger partial charge in [0.2, 0.25) is 11.8 Å². The van der Waals surface area contributed by atoms with E-state index in [2.05, 4.69) is 47.8 Å². The summed E-state index contributed by atoms with van der Waals surface area (Å²) >= 11 is 8.95. The highest BCUT2D eigenvalue weighted by Gasteiger charge is 2.61. The van der Waals surface area contributed by atoms with Gasteiger partial charge >= 0.3 is 12.4 Å². The molecule has 2 nitrogen and oxygen atoms in total. The van der Waals surface area contributed by atoms with Crippen LogP contribution in [0.25, 0.3) is 0 Å². The molecule has 0 bridgehead atoms. The van der Waals surface area contributed by atoms with Crippen LogP contribution in [0.15, 0.2) is 25.6 Å². The number of alkyl halides is 6. The van der Waals surface area contributed by atoms with E-state index in [1.165, 1.54) is 12.1 Å². The molecule has 0 fully saturated rings. The lowest BCUT2D eigenvalue weighted by Crippen LogP contribution is -2.45. The molecule has 0 aliphatic carbocycles. The first-order chi connectivity index (χ1) is 9.34. The number of hydrogen-bond donors (Lipinski definition) is 1. The molecule has 0 unspecified atom stereocenters. The van der Waals surface area contributed by atoms with E-state index in [-0.39, 0.29) is 14.6 Å². The minimum absolute atomic E-state index is 0.111. The van der Waals surface area contributed by atoms with Crippen molar-refractivity contribution in [2.24, 2.45) is 5.92 Å². The van der Waals surface area contributed by atoms with E-state index in [1.807, 2.05) is 0 Å². The van der Waals surface area contributed by atoms with E-state index >= 15 is 0 Å². The van der Waals surface area contributed by atoms with Gasteiger partial charge in [-0.3, -0.25) is 4.79 Å². The predicted octanol–water partition coefficient (Wildman–Crippen LogP) is 5.65. The Balaban J connectivity index is 3.15. The van der Waals surface area contributed by atoms with Crippen LogP contribution in [-0.4, -0.2) is 18.3 Å². The van der Waals surface area contributed by atoms with Gasteiger partial charge in [0.05, 0.1) is 5.69 Å². The first kappa shape index (κ1) is 18.8. The maximum atomic E-state index is 12.4. The highest BCUT2D eigenvalue weighted by atomic mass is 79.9. The number of rotatable bonds is 2. The summed E-state index contributed by atoms with van der Waals surface area (Å²) < 4.78 is 75.3. The summed E-state index contributed by atoms with van der Waals surface area (Å²) in [6.45, 7) is 0. The van der Waals surface area contributed by atoms with Gasteiger partial charge in [-0.15, -0.1) is 0 Å². The van der Waals surface area contributed by atoms with Crippen molar-refractivity contribution >= 4 is 59.4 Å². The fraction of sp³-hybridized carbons (Fsp3) is 0.300. The van der Waals surface area contributed by atoms with Crippen LogP contribution in [0.1, 0.15) is 0 Å². The average Bonchev–Trinajstić information content (AvgIpc) is 2.18. The van der Waals surface area contributed by atoms with Gasteiger partial charge in [0, 0.05) is 13.4 Å². The molecule has 0 spiro atoms. The molecule has 0 atom stereocenters. The fourth-order valence-electron chi connectivity index (χ4n) is 1.34. The highest BCUT2D eigenvalue weighted by Crippen LogP contribution is 2.41. The summed E-state index contributed by atoms with van der Waals surface area (Å²) in [5, 5.41) is 1.63. The summed E-state index contributed by atoms with van der Waals surface area (Å²) in [6.07, 6.45) is -11.5. The minimum Gasteiger partial charge on any atom is -0.323 e. The van der Waals surface area contributed by atoms with Gasteiger partial charge in [-0.2, -0.15) is 26.3 Å². The van der Waals surface area contributed by atoms with Gasteiger partial charge in [0.15, 0.2) is 0 Å². The number of anilines is 1. The standard InChI is InChI=1S/C10H4Br3F6NO/c11-3-1-4(12)6(5(13)2-3)20-8(21)7(9(14,15)16)10(17,18)19/h1-2,7H,(H,20,21). The van der Waals surface area contributed by atoms with Gasteiger partial charge in [0.1, 0.15) is 0 Å². The van der Waals surface area contributed by atoms with Crippen LogP contribution in [0.5, 0.6) is 0 Å². The number of amides is 1. The normalized spacial score (nSPS) is 12.7. The van der Waals surface area contributed by atoms with Gasteiger partial charge < -0.3 is 5.32 Å². The maximum Gasteiger partial charge on any atom is 0.409 e. The number of halogens is 9. The van der Waals surface area contributed by atoms with Crippen LogP contribution in [0.2, 0.25) is 0 Å². The van der Waals surface area contributed by atoms with Crippen molar-refractivity contribution in [3.63, 3.8) is 0 Å². The van der Waals surface area contributed by atoms with Crippen molar-refractivity contribution < 1.29 is 31.1 Å². The molecule has 0 saturated heterocycles. The van der Waals surface area contributed by atoms with Crippen LogP contribution in [0, 0.1) is 5.92 Å². The molecule has 0 saturated carbocycles. The smallest absolute Gasteiger partial charge is 0.323 e. The Morgan fingerprint density at radius 1 is 0.952 bits per heavy atom. The molecule has 0 heterocycles. The zero-order chi connectivity index (χ0) is 16.6. The number of benzene rings is 1. The van der Waals surface area contributed by atoms with E-state index in [0.717, 1.165) is 0 Å². The predicted molar refractivity (Wildman–Crippen MR) is 73.8 cm³/mol. The van der Waals surface area contributed by atoms with Crippen LogP contribution in [0.3, 0.4) is 0 Å². The molecule has 11 heteroatoms. The molecule has 0 radical (unpaired) electrons. The number of carbonyl (C=O) groups excluding carboxylic acids is 1. The topological polar surface area (TPSA) is 29.1 Å². The van der Waals surface area contributed by atoms with E-state index in [0.29, 0.717) is 4.47 Å². The second-order valence-corrected chi connectivity index (χ2v) is 6.37. The zero-order valence-electron chi connectivity index (χ0n) is 9.54. The third kappa shape index (κ3) is 4.85. The molecule has 0 aliphatic rings. The van der Waals surface area contributed by atoms with E-state index in [1.54, 1.807) is 5.32 Å². The largest absolute Gasteiger partial charge is 0.409 e. The van der Waals surface area contributed by atoms with Crippen molar-refractivity contribution in [1.29, 1.82) is 0 Å². The molecule has 1 aromatic rings. The Kier molecular flexibility index (Phi) is 5.76. The highest BCUT2D eigenvalue weighted by molar-refractivity contribution is 9.11. The van der Waals surface area contributed by atoms with Crippen LogP contribution < -0.4 is 5.32 Å². The molecule has 1 amide bonds. The van der Waals surface area contributed by atoms with Gasteiger partial charge in [-0.25, -0.2) is 0 Å². The molecule has 1 aromatic carbocycles. The van der Waals surface area contributed by atoms with Crippen molar-refractivity contribution in [3.05, 3.63) is 25.6 Å². The first-order valence-corrected chi connectivity index (χ1v) is 7.30. The number of nitrogens with one attached hydrogen (secondary N) is 1. The second kappa shape index (κ2) is 6.45. The van der Waals surface area contributed by atoms with Gasteiger partial charge in [-0.1, -0.05) is 15.9 Å². The molecule has 1 rings (SSSR count). The van der Waals surface area contributed by atoms with Crippen molar-refractivity contribution in [2.75, 3.05) is 5.32 Å². The Bertz CT molecular complexity index is 520. The van der Waals surface area contributed by atoms with Crippen molar-refractivity contribution in [3.8, 4) is 0 Å². The van der Waals surface area contributed by atoms with Crippen molar-refractivity contribution in [2.45, 2.75) is 12.4 Å². The first-order valence-electron chi connectivity index (χ1n) is 4.93. The average molecular weight is 508 g/mol. The summed E-state index contributed by atoms with van der Waals surface area (Å²) in [4.78, 5) is 11.4. The third-order valence-corrected chi connectivity index (χ3v) is 3.88. The molecule has 0 aliphatic heterocycles. The third-order valence-electron chi connectivity index (χ3n) is 2.17. The van der Waals surface area contributed by atoms with E-state index < -0.39 is 24.2 Å². The van der Waals surface area contributed by atoms with Crippen LogP contribution in [0.4, 0.5) is 32.0 Å². The lowest BCUT2D eigenvalue weighted by atomic mass is 10.1. The Hall–Kier alpha value is -0.290. The maximum absolute atomic E-state index is 12.4. The fourth-order valence-corrected chi connectivity index (χ4v) is 3.80. The minimum atomic E-state index is -5.74. The summed E-state index contributed by atoms with van der Waals surface area (Å²) in [5.41, 5.74) is -0.235. The Morgan fingerprint density at radius 3 is 1.67 bits per heavy atom. The van der Waals surface area contributed by atoms with Crippen LogP contribution in [-0.2, 0) is 4.79 Å². The quantitative estimate of drug-likeness (QED) is 0.515. The van der Waals surface area contributed by atoms with Gasteiger partial charge in [0.25, 0.3) is 0 Å². The van der Waals surface area contributed by atoms with E-state index in [9.17, 15) is 31.1 Å². The molecule has 118 valence electrons. The Labute approximate surface area is 139 Å². The molecule has 0 aromatic heterocycles. The van der Waals surface area contributed by atoms with Crippen molar-refractivity contribution in [1.82, 2.24) is 0 Å². The number of hydrogen-bond acceptors (Lipinski definition) is 1. The molecule has 21 heavy (non-hydrogen) atoms. The molecule has 1 N–H and O–H groups in total. The lowest BCUT2D eigenvalue weighted by molar-refractivity contribution is -0.272. The number of carbonyl (C=O) groups is 1. The zero-order valence-corrected chi connectivity index (χ0v) is 14.3. The van der Waals surface area contributed by atoms with Crippen LogP contribution >= 0.6 is 47.8 Å². The van der Waals surface area contributed by atoms with E-state index in [4.69, 9.17) is 0 Å². The summed E-state index contributed by atoms with van der Waals surface area (Å²) in [7, 11) is 0. The van der Waals surface area contributed by atoms with Gasteiger partial charge in [-0.05, 0) is 44.0 Å². The summed E-state index contributed by atoms with van der Waals surface area (Å²) in [6, 6.07) is 2.72. The second-order valence-electron chi connectivity index (χ2n) is 3.75. The SMILES string of the molecule is O=C(Nc1c(Br)cc(Br)cc1Br)C(C(F)(F)F)C(F)(F)F. The Morgan fingerprint density at radius 2 is 1.33 bits per heavy atom. The molecular weight excluding hydrogens is 504 g/mol. The lowest BCUT2D eigenvalue weighted by Gasteiger charge is -2.22. The molecular formula is C10H4Br3F6NO.